The number of nitrogens with one attached hydrogen (secondary N) is 1. The maximum Gasteiger partial charge on any atom is 0.481 e. The third kappa shape index (κ3) is 4.95. The lowest BCUT2D eigenvalue weighted by Gasteiger charge is -2.36. The van der Waals surface area contributed by atoms with Gasteiger partial charge >= 0.3 is 27.6 Å². The van der Waals surface area contributed by atoms with Gasteiger partial charge in [-0.1, -0.05) is 0 Å². The van der Waals surface area contributed by atoms with Crippen LogP contribution in [0.3, 0.4) is 0 Å². The highest BCUT2D eigenvalue weighted by molar-refractivity contribution is 7.60. The van der Waals surface area contributed by atoms with Gasteiger partial charge in [0.1, 0.15) is 6.10 Å². The molecule has 2 aliphatic heterocycles. The van der Waals surface area contributed by atoms with E-state index >= 15 is 0 Å². The summed E-state index contributed by atoms with van der Waals surface area (Å²) in [7, 11) is -10.7. The zero-order valence-electron chi connectivity index (χ0n) is 12.8. The van der Waals surface area contributed by atoms with Crippen LogP contribution in [0.5, 0.6) is 0 Å². The highest BCUT2D eigenvalue weighted by Gasteiger charge is 2.62. The molecule has 17 heteroatoms. The normalized spacial score (nSPS) is 34.4. The van der Waals surface area contributed by atoms with Crippen molar-refractivity contribution in [3.8, 4) is 0 Å². The number of rotatable bonds is 6. The van der Waals surface area contributed by atoms with Gasteiger partial charge in [0.15, 0.2) is 6.10 Å². The van der Waals surface area contributed by atoms with Crippen LogP contribution in [0.15, 0.2) is 0 Å². The number of ether oxygens (including phenoxy) is 1. The van der Waals surface area contributed by atoms with Gasteiger partial charge in [0, 0.05) is 6.54 Å². The van der Waals surface area contributed by atoms with Gasteiger partial charge in [-0.25, -0.2) is 13.9 Å². The van der Waals surface area contributed by atoms with Gasteiger partial charge in [-0.15, -0.1) is 0 Å². The lowest BCUT2D eigenvalue weighted by Crippen LogP contribution is -2.61. The molecule has 152 valence electrons. The summed E-state index contributed by atoms with van der Waals surface area (Å²) in [6, 6.07) is -0.958. The molecule has 0 aromatic carbocycles. The van der Waals surface area contributed by atoms with Gasteiger partial charge < -0.3 is 35.6 Å². The molecular weight excluding hydrogens is 410 g/mol. The molecule has 13 nitrogen and oxygen atoms in total. The molecule has 0 radical (unpaired) electrons. The standard InChI is InChI=1S/C9H17F2N3O10P2/c10-9(11)6(15)4(3-22-26(20,21)24-25(17,18)19)23-7(9)14-2-1-5(12)13-8(14)16/h4-7,15H,1-3,12H2,(H,13,16)(H,20,21)(H2,17,18,19)/t4-,5?,6?,7-/m1/s1. The predicted molar refractivity (Wildman–Crippen MR) is 76.4 cm³/mol. The van der Waals surface area contributed by atoms with Crippen molar-refractivity contribution >= 4 is 21.7 Å². The van der Waals surface area contributed by atoms with Crippen LogP contribution >= 0.6 is 15.6 Å². The van der Waals surface area contributed by atoms with Crippen molar-refractivity contribution in [2.45, 2.75) is 36.9 Å². The number of phosphoric acid groups is 2. The van der Waals surface area contributed by atoms with E-state index in [2.05, 4.69) is 14.2 Å². The van der Waals surface area contributed by atoms with Crippen molar-refractivity contribution in [1.29, 1.82) is 0 Å². The summed E-state index contributed by atoms with van der Waals surface area (Å²) < 4.78 is 62.9. The third-order valence-electron chi connectivity index (χ3n) is 3.52. The van der Waals surface area contributed by atoms with Crippen LogP contribution in [0.2, 0.25) is 0 Å². The molecule has 5 atom stereocenters. The summed E-state index contributed by atoms with van der Waals surface area (Å²) in [6.45, 7) is -1.37. The smallest absolute Gasteiger partial charge is 0.384 e. The first-order valence-corrected chi connectivity index (χ1v) is 10.0. The van der Waals surface area contributed by atoms with Crippen LogP contribution in [0.1, 0.15) is 6.42 Å². The minimum Gasteiger partial charge on any atom is -0.384 e. The van der Waals surface area contributed by atoms with Crippen LogP contribution in [-0.4, -0.2) is 74.4 Å². The quantitative estimate of drug-likeness (QED) is 0.273. The second kappa shape index (κ2) is 7.36. The number of halogens is 2. The number of amides is 2. The van der Waals surface area contributed by atoms with Crippen molar-refractivity contribution in [2.24, 2.45) is 5.73 Å². The van der Waals surface area contributed by atoms with Gasteiger partial charge in [-0.3, -0.25) is 9.42 Å². The molecule has 0 aromatic heterocycles. The fourth-order valence-corrected chi connectivity index (χ4v) is 3.98. The number of urea groups is 1. The molecule has 2 saturated heterocycles. The molecule has 2 aliphatic rings. The van der Waals surface area contributed by atoms with Gasteiger partial charge in [0.25, 0.3) is 0 Å². The summed E-state index contributed by atoms with van der Waals surface area (Å²) >= 11 is 0. The monoisotopic (exact) mass is 427 g/mol. The first-order valence-electron chi connectivity index (χ1n) is 7.01. The Morgan fingerprint density at radius 1 is 1.38 bits per heavy atom. The van der Waals surface area contributed by atoms with E-state index in [9.17, 15) is 27.8 Å². The number of phosphoric ester groups is 1. The first kappa shape index (κ1) is 21.6. The number of nitrogens with zero attached hydrogens (tertiary/aromatic N) is 1. The van der Waals surface area contributed by atoms with E-state index in [1.165, 1.54) is 0 Å². The van der Waals surface area contributed by atoms with Crippen LogP contribution in [-0.2, 0) is 22.7 Å². The Morgan fingerprint density at radius 2 is 2.00 bits per heavy atom. The van der Waals surface area contributed by atoms with Gasteiger partial charge in [0.05, 0.1) is 12.8 Å². The third-order valence-corrected chi connectivity index (χ3v) is 5.68. The Bertz CT molecular complexity index is 647. The van der Waals surface area contributed by atoms with E-state index in [0.29, 0.717) is 4.90 Å². The van der Waals surface area contributed by atoms with Crippen LogP contribution in [0, 0.1) is 0 Å². The van der Waals surface area contributed by atoms with Crippen molar-refractivity contribution in [3.63, 3.8) is 0 Å². The molecule has 0 saturated carbocycles. The van der Waals surface area contributed by atoms with E-state index in [1.807, 2.05) is 0 Å². The minimum atomic E-state index is -5.40. The molecule has 0 spiro atoms. The minimum absolute atomic E-state index is 0.126. The number of carbonyl (C=O) groups is 1. The Morgan fingerprint density at radius 3 is 2.54 bits per heavy atom. The molecular formula is C9H17F2N3O10P2. The lowest BCUT2D eigenvalue weighted by molar-refractivity contribution is -0.156. The highest BCUT2D eigenvalue weighted by atomic mass is 31.3. The number of nitrogens with two attached hydrogens (primary N) is 1. The second-order valence-electron chi connectivity index (χ2n) is 5.52. The molecule has 2 fully saturated rings. The molecule has 2 amide bonds. The number of hydrogen-bond donors (Lipinski definition) is 6. The molecule has 0 aliphatic carbocycles. The average molecular weight is 427 g/mol. The fraction of sp³-hybridized carbons (Fsp3) is 0.889. The predicted octanol–water partition coefficient (Wildman–Crippen LogP) is -1.37. The average Bonchev–Trinajstić information content (AvgIpc) is 2.66. The Balaban J connectivity index is 2.05. The summed E-state index contributed by atoms with van der Waals surface area (Å²) in [6.07, 6.45) is -7.24. The Labute approximate surface area is 144 Å². The highest BCUT2D eigenvalue weighted by Crippen LogP contribution is 2.57. The van der Waals surface area contributed by atoms with Crippen LogP contribution < -0.4 is 11.1 Å². The van der Waals surface area contributed by atoms with Crippen LogP contribution in [0.4, 0.5) is 13.6 Å². The van der Waals surface area contributed by atoms with E-state index in [1.54, 1.807) is 0 Å². The van der Waals surface area contributed by atoms with E-state index in [-0.39, 0.29) is 13.0 Å². The van der Waals surface area contributed by atoms with Crippen molar-refractivity contribution < 1.29 is 56.1 Å². The van der Waals surface area contributed by atoms with Crippen molar-refractivity contribution in [2.75, 3.05) is 13.2 Å². The Kier molecular flexibility index (Phi) is 6.10. The number of hydrogen-bond acceptors (Lipinski definition) is 8. The van der Waals surface area contributed by atoms with Gasteiger partial charge in [0.2, 0.25) is 6.23 Å². The van der Waals surface area contributed by atoms with Crippen LogP contribution in [0.25, 0.3) is 0 Å². The molecule has 26 heavy (non-hydrogen) atoms. The molecule has 2 rings (SSSR count). The number of alkyl halides is 2. The van der Waals surface area contributed by atoms with Crippen molar-refractivity contribution in [3.05, 3.63) is 0 Å². The topological polar surface area (TPSA) is 201 Å². The molecule has 0 aromatic rings. The zero-order chi connectivity index (χ0) is 19.9. The molecule has 3 unspecified atom stereocenters. The molecule has 2 heterocycles. The van der Waals surface area contributed by atoms with Crippen molar-refractivity contribution in [1.82, 2.24) is 10.2 Å². The molecule has 7 N–H and O–H groups in total. The Hall–Kier alpha value is -0.730. The molecule has 0 bridgehead atoms. The lowest BCUT2D eigenvalue weighted by atomic mass is 10.1. The second-order valence-corrected chi connectivity index (χ2v) is 8.35. The first-order chi connectivity index (χ1) is 11.7. The van der Waals surface area contributed by atoms with E-state index < -0.39 is 58.8 Å². The largest absolute Gasteiger partial charge is 0.481 e. The van der Waals surface area contributed by atoms with Gasteiger partial charge in [-0.05, 0) is 6.42 Å². The van der Waals surface area contributed by atoms with E-state index in [0.717, 1.165) is 0 Å². The number of aliphatic hydroxyl groups is 1. The summed E-state index contributed by atoms with van der Waals surface area (Å²) in [5.41, 5.74) is 5.46. The number of aliphatic hydroxyl groups excluding tert-OH is 1. The summed E-state index contributed by atoms with van der Waals surface area (Å²) in [5.74, 6) is -3.96. The zero-order valence-corrected chi connectivity index (χ0v) is 14.6. The summed E-state index contributed by atoms with van der Waals surface area (Å²) in [5, 5.41) is 11.9. The fourth-order valence-electron chi connectivity index (χ4n) is 2.38. The number of carbonyl (C=O) groups excluding carboxylic acids is 1. The maximum absolute atomic E-state index is 14.2. The maximum atomic E-state index is 14.2. The van der Waals surface area contributed by atoms with E-state index in [4.69, 9.17) is 25.2 Å². The summed E-state index contributed by atoms with van der Waals surface area (Å²) in [4.78, 5) is 38.4. The SMILES string of the molecule is NC1CCN([C@@H]2O[C@H](COP(=O)(O)OP(=O)(O)O)C(O)C2(F)F)C(=O)N1. The van der Waals surface area contributed by atoms with Gasteiger partial charge in [-0.2, -0.15) is 13.1 Å².